The number of rotatable bonds is 10. The number of hydrogen-bond donors (Lipinski definition) is 1. The SMILES string of the molecule is C[C@H](C(=O)NC(C)(C)C)N(Cc1ccc(Cl)c(Cl)c1)C(=O)CCCN(c1ccc2c(c1)OCCO2)S(C)(=O)=O. The van der Waals surface area contributed by atoms with Crippen LogP contribution in [0.5, 0.6) is 11.5 Å². The summed E-state index contributed by atoms with van der Waals surface area (Å²) >= 11 is 12.2. The van der Waals surface area contributed by atoms with Gasteiger partial charge >= 0.3 is 0 Å². The number of anilines is 1. The fourth-order valence-corrected chi connectivity index (χ4v) is 5.36. The number of benzene rings is 2. The van der Waals surface area contributed by atoms with Crippen LogP contribution in [0, 0.1) is 0 Å². The Bertz CT molecular complexity index is 1310. The topological polar surface area (TPSA) is 105 Å². The van der Waals surface area contributed by atoms with E-state index < -0.39 is 21.6 Å². The van der Waals surface area contributed by atoms with Crippen molar-refractivity contribution in [1.82, 2.24) is 10.2 Å². The number of amides is 2. The molecule has 0 saturated heterocycles. The Labute approximate surface area is 240 Å². The number of hydrogen-bond acceptors (Lipinski definition) is 6. The van der Waals surface area contributed by atoms with Crippen LogP contribution in [-0.2, 0) is 26.2 Å². The van der Waals surface area contributed by atoms with E-state index in [0.717, 1.165) is 6.26 Å². The van der Waals surface area contributed by atoms with Gasteiger partial charge in [-0.25, -0.2) is 8.42 Å². The molecular formula is C27H35Cl2N3O6S. The third-order valence-corrected chi connectivity index (χ3v) is 7.90. The highest BCUT2D eigenvalue weighted by molar-refractivity contribution is 7.92. The zero-order valence-electron chi connectivity index (χ0n) is 22.8. The van der Waals surface area contributed by atoms with Crippen molar-refractivity contribution in [3.8, 4) is 11.5 Å². The molecule has 1 aliphatic heterocycles. The van der Waals surface area contributed by atoms with E-state index in [9.17, 15) is 18.0 Å². The molecule has 0 aliphatic carbocycles. The highest BCUT2D eigenvalue weighted by atomic mass is 35.5. The lowest BCUT2D eigenvalue weighted by Crippen LogP contribution is -2.52. The molecule has 214 valence electrons. The molecule has 0 aromatic heterocycles. The van der Waals surface area contributed by atoms with E-state index in [2.05, 4.69) is 5.32 Å². The highest BCUT2D eigenvalue weighted by Crippen LogP contribution is 2.35. The second kappa shape index (κ2) is 12.7. The molecule has 0 saturated carbocycles. The van der Waals surface area contributed by atoms with Crippen LogP contribution in [0.15, 0.2) is 36.4 Å². The third kappa shape index (κ3) is 8.65. The molecule has 0 radical (unpaired) electrons. The highest BCUT2D eigenvalue weighted by Gasteiger charge is 2.29. The summed E-state index contributed by atoms with van der Waals surface area (Å²) in [6.07, 6.45) is 1.36. The molecule has 2 aromatic rings. The van der Waals surface area contributed by atoms with E-state index in [0.29, 0.717) is 46.0 Å². The average Bonchev–Trinajstić information content (AvgIpc) is 2.84. The molecule has 39 heavy (non-hydrogen) atoms. The molecule has 1 heterocycles. The monoisotopic (exact) mass is 599 g/mol. The number of nitrogens with one attached hydrogen (secondary N) is 1. The van der Waals surface area contributed by atoms with E-state index in [1.807, 2.05) is 20.8 Å². The Morgan fingerprint density at radius 2 is 1.69 bits per heavy atom. The molecule has 3 rings (SSSR count). The van der Waals surface area contributed by atoms with Gasteiger partial charge in [0.05, 0.1) is 22.0 Å². The molecule has 9 nitrogen and oxygen atoms in total. The fraction of sp³-hybridized carbons (Fsp3) is 0.481. The Hall–Kier alpha value is -2.69. The van der Waals surface area contributed by atoms with Gasteiger partial charge < -0.3 is 19.7 Å². The van der Waals surface area contributed by atoms with Crippen molar-refractivity contribution >= 4 is 50.7 Å². The number of fused-ring (bicyclic) bond motifs is 1. The van der Waals surface area contributed by atoms with Gasteiger partial charge in [-0.1, -0.05) is 29.3 Å². The molecule has 0 fully saturated rings. The van der Waals surface area contributed by atoms with E-state index >= 15 is 0 Å². The number of nitrogens with zero attached hydrogens (tertiary/aromatic N) is 2. The number of halogens is 2. The minimum Gasteiger partial charge on any atom is -0.486 e. The van der Waals surface area contributed by atoms with Crippen molar-refractivity contribution in [1.29, 1.82) is 0 Å². The van der Waals surface area contributed by atoms with Crippen LogP contribution in [-0.4, -0.2) is 62.7 Å². The van der Waals surface area contributed by atoms with Crippen LogP contribution in [0.25, 0.3) is 0 Å². The molecule has 1 N–H and O–H groups in total. The lowest BCUT2D eigenvalue weighted by atomic mass is 10.1. The zero-order valence-corrected chi connectivity index (χ0v) is 25.1. The Kier molecular flexibility index (Phi) is 10.0. The summed E-state index contributed by atoms with van der Waals surface area (Å²) in [5, 5.41) is 3.64. The van der Waals surface area contributed by atoms with Gasteiger partial charge in [0, 0.05) is 31.1 Å². The van der Waals surface area contributed by atoms with Crippen LogP contribution >= 0.6 is 23.2 Å². The minimum atomic E-state index is -3.65. The fourth-order valence-electron chi connectivity index (χ4n) is 4.08. The second-order valence-electron chi connectivity index (χ2n) is 10.5. The van der Waals surface area contributed by atoms with Crippen molar-refractivity contribution in [3.05, 3.63) is 52.0 Å². The van der Waals surface area contributed by atoms with Crippen LogP contribution in [0.4, 0.5) is 5.69 Å². The Morgan fingerprint density at radius 1 is 1.03 bits per heavy atom. The first-order chi connectivity index (χ1) is 18.2. The van der Waals surface area contributed by atoms with Crippen molar-refractivity contribution in [2.24, 2.45) is 0 Å². The first-order valence-corrected chi connectivity index (χ1v) is 15.2. The summed E-state index contributed by atoms with van der Waals surface area (Å²) < 4.78 is 37.6. The molecular weight excluding hydrogens is 565 g/mol. The Balaban J connectivity index is 1.77. The zero-order chi connectivity index (χ0) is 29.0. The van der Waals surface area contributed by atoms with Gasteiger partial charge in [-0.3, -0.25) is 13.9 Å². The molecule has 1 atom stereocenters. The van der Waals surface area contributed by atoms with Gasteiger partial charge in [-0.15, -0.1) is 0 Å². The maximum atomic E-state index is 13.5. The predicted octanol–water partition coefficient (Wildman–Crippen LogP) is 4.64. The van der Waals surface area contributed by atoms with Gasteiger partial charge in [0.15, 0.2) is 11.5 Å². The molecule has 0 spiro atoms. The smallest absolute Gasteiger partial charge is 0.242 e. The van der Waals surface area contributed by atoms with E-state index in [1.165, 1.54) is 9.21 Å². The van der Waals surface area contributed by atoms with E-state index in [-0.39, 0.29) is 37.7 Å². The summed E-state index contributed by atoms with van der Waals surface area (Å²) in [6.45, 7) is 8.24. The van der Waals surface area contributed by atoms with Crippen LogP contribution in [0.2, 0.25) is 10.0 Å². The van der Waals surface area contributed by atoms with Crippen LogP contribution in [0.1, 0.15) is 46.1 Å². The van der Waals surface area contributed by atoms with Crippen molar-refractivity contribution in [3.63, 3.8) is 0 Å². The molecule has 1 aliphatic rings. The second-order valence-corrected chi connectivity index (χ2v) is 13.2. The number of carbonyl (C=O) groups excluding carboxylic acids is 2. The molecule has 0 bridgehead atoms. The number of ether oxygens (including phenoxy) is 2. The largest absolute Gasteiger partial charge is 0.486 e. The summed E-state index contributed by atoms with van der Waals surface area (Å²) in [6, 6.07) is 9.19. The van der Waals surface area contributed by atoms with Gasteiger partial charge in [0.2, 0.25) is 21.8 Å². The van der Waals surface area contributed by atoms with Gasteiger partial charge in [-0.2, -0.15) is 0 Å². The minimum absolute atomic E-state index is 0.0189. The maximum Gasteiger partial charge on any atom is 0.242 e. The maximum absolute atomic E-state index is 13.5. The molecule has 2 amide bonds. The number of carbonyl (C=O) groups is 2. The normalized spacial score (nSPS) is 13.9. The Morgan fingerprint density at radius 3 is 2.31 bits per heavy atom. The number of sulfonamides is 1. The average molecular weight is 601 g/mol. The standard InChI is InChI=1S/C27H35Cl2N3O6S/c1-18(26(34)30-27(2,3)4)31(17-19-8-10-21(28)22(29)15-19)25(33)7-6-12-32(39(5,35)36)20-9-11-23-24(16-20)38-14-13-37-23/h8-11,15-16,18H,6-7,12-14,17H2,1-5H3,(H,30,34)/t18-/m1/s1. The van der Waals surface area contributed by atoms with Crippen molar-refractivity contribution in [2.75, 3.05) is 30.3 Å². The van der Waals surface area contributed by atoms with Crippen LogP contribution < -0.4 is 19.1 Å². The van der Waals surface area contributed by atoms with Crippen LogP contribution in [0.3, 0.4) is 0 Å². The molecule has 0 unspecified atom stereocenters. The quantitative estimate of drug-likeness (QED) is 0.426. The predicted molar refractivity (Wildman–Crippen MR) is 153 cm³/mol. The molecule has 12 heteroatoms. The van der Waals surface area contributed by atoms with Gasteiger partial charge in [0.1, 0.15) is 19.3 Å². The lowest BCUT2D eigenvalue weighted by molar-refractivity contribution is -0.141. The van der Waals surface area contributed by atoms with Gasteiger partial charge in [0.25, 0.3) is 0 Å². The van der Waals surface area contributed by atoms with Gasteiger partial charge in [-0.05, 0) is 63.9 Å². The first kappa shape index (κ1) is 30.8. The third-order valence-electron chi connectivity index (χ3n) is 5.97. The van der Waals surface area contributed by atoms with E-state index in [4.69, 9.17) is 32.7 Å². The molecule has 2 aromatic carbocycles. The summed E-state index contributed by atoms with van der Waals surface area (Å²) in [4.78, 5) is 27.9. The lowest BCUT2D eigenvalue weighted by Gasteiger charge is -2.32. The van der Waals surface area contributed by atoms with Crippen molar-refractivity contribution in [2.45, 2.75) is 58.7 Å². The van der Waals surface area contributed by atoms with E-state index in [1.54, 1.807) is 43.3 Å². The van der Waals surface area contributed by atoms with Crippen molar-refractivity contribution < 1.29 is 27.5 Å². The summed E-state index contributed by atoms with van der Waals surface area (Å²) in [5.74, 6) is 0.419. The summed E-state index contributed by atoms with van der Waals surface area (Å²) in [5.41, 5.74) is 0.644. The summed E-state index contributed by atoms with van der Waals surface area (Å²) in [7, 11) is -3.65. The first-order valence-electron chi connectivity index (χ1n) is 12.6.